The summed E-state index contributed by atoms with van der Waals surface area (Å²) in [7, 11) is -9.83. The van der Waals surface area contributed by atoms with E-state index in [-0.39, 0.29) is 72.3 Å². The van der Waals surface area contributed by atoms with Crippen LogP contribution in [0.2, 0.25) is 0 Å². The molecule has 11 nitrogen and oxygen atoms in total. The van der Waals surface area contributed by atoms with Crippen LogP contribution < -0.4 is 59.1 Å². The Morgan fingerprint density at radius 3 is 1.11 bits per heavy atom. The van der Waals surface area contributed by atoms with Crippen LogP contribution in [0, 0.1) is 0 Å². The van der Waals surface area contributed by atoms with Gasteiger partial charge in [0, 0.05) is 10.4 Å². The van der Waals surface area contributed by atoms with E-state index in [0.29, 0.717) is 13.2 Å². The molecule has 108 valence electrons. The summed E-state index contributed by atoms with van der Waals surface area (Å²) in [6.45, 7) is 0.696. The van der Waals surface area contributed by atoms with Gasteiger partial charge >= 0.3 is 69.5 Å². The number of hydrogen-bond donors (Lipinski definition) is 4. The van der Waals surface area contributed by atoms with Gasteiger partial charge in [-0.05, 0) is 0 Å². The number of aliphatic hydroxyl groups is 2. The van der Waals surface area contributed by atoms with Crippen LogP contribution in [0.5, 0.6) is 0 Å². The molecule has 0 rings (SSSR count). The monoisotopic (exact) mass is 346 g/mol. The molecule has 0 saturated carbocycles. The van der Waals surface area contributed by atoms with Crippen molar-refractivity contribution in [2.75, 3.05) is 26.4 Å². The molecule has 4 N–H and O–H groups in total. The van der Waals surface area contributed by atoms with Gasteiger partial charge in [-0.25, -0.2) is 0 Å². The van der Waals surface area contributed by atoms with Crippen LogP contribution in [0.4, 0.5) is 0 Å². The van der Waals surface area contributed by atoms with E-state index < -0.39 is 20.8 Å². The fourth-order valence-corrected chi connectivity index (χ4v) is 0.231. The Balaban J connectivity index is -0.0000000500. The van der Waals surface area contributed by atoms with E-state index in [4.69, 9.17) is 45.3 Å². The zero-order valence-electron chi connectivity index (χ0n) is 10.3. The van der Waals surface area contributed by atoms with Gasteiger partial charge in [0.05, 0.1) is 26.4 Å². The summed E-state index contributed by atoms with van der Waals surface area (Å²) >= 11 is 0. The molecular weight excluding hydrogens is 334 g/mol. The van der Waals surface area contributed by atoms with Crippen molar-refractivity contribution < 1.29 is 109 Å². The summed E-state index contributed by atoms with van der Waals surface area (Å²) in [4.78, 5) is 0. The van der Waals surface area contributed by atoms with E-state index in [0.717, 1.165) is 0 Å². The Bertz CT molecular complexity index is 288. The van der Waals surface area contributed by atoms with Crippen molar-refractivity contribution in [2.24, 2.45) is 0 Å². The van der Waals surface area contributed by atoms with Crippen molar-refractivity contribution in [1.29, 1.82) is 0 Å². The van der Waals surface area contributed by atoms with E-state index >= 15 is 0 Å². The third-order valence-corrected chi connectivity index (χ3v) is 0.471. The summed E-state index contributed by atoms with van der Waals surface area (Å²) < 4.78 is 70.3. The molecule has 15 heteroatoms. The van der Waals surface area contributed by atoms with Gasteiger partial charge in [-0.15, -0.1) is 0 Å². The molecule has 0 aliphatic rings. The summed E-state index contributed by atoms with van der Waals surface area (Å²) in [5, 5.41) is 16.2. The van der Waals surface area contributed by atoms with Crippen molar-refractivity contribution in [3.63, 3.8) is 0 Å². The van der Waals surface area contributed by atoms with Crippen molar-refractivity contribution in [1.82, 2.24) is 0 Å². The second kappa shape index (κ2) is 19.6. The molecule has 0 spiro atoms. The predicted molar refractivity (Wildman–Crippen MR) is 49.6 cm³/mol. The Kier molecular flexibility index (Phi) is 33.6. The summed E-state index contributed by atoms with van der Waals surface area (Å²) in [6.07, 6.45) is 0. The third-order valence-electron chi connectivity index (χ3n) is 0.471. The first kappa shape index (κ1) is 32.5. The number of aliphatic hydroxyl groups excluding tert-OH is 2. The molecular formula is C4H12Na2O11S2. The van der Waals surface area contributed by atoms with Gasteiger partial charge < -0.3 is 24.1 Å². The first-order chi connectivity index (χ1) is 7.41. The van der Waals surface area contributed by atoms with Gasteiger partial charge in [-0.1, -0.05) is 0 Å². The van der Waals surface area contributed by atoms with E-state index in [2.05, 4.69) is 4.74 Å². The van der Waals surface area contributed by atoms with Crippen molar-refractivity contribution in [2.45, 2.75) is 0 Å². The van der Waals surface area contributed by atoms with Crippen LogP contribution >= 0.6 is 0 Å². The van der Waals surface area contributed by atoms with Crippen molar-refractivity contribution in [3.05, 3.63) is 0 Å². The molecule has 0 unspecified atom stereocenters. The minimum Gasteiger partial charge on any atom is -0.759 e. The van der Waals surface area contributed by atoms with Gasteiger partial charge in [0.25, 0.3) is 0 Å². The Labute approximate surface area is 155 Å². The Morgan fingerprint density at radius 2 is 1.00 bits per heavy atom. The van der Waals surface area contributed by atoms with Gasteiger partial charge in [-0.2, -0.15) is 8.42 Å². The average molecular weight is 346 g/mol. The third kappa shape index (κ3) is 193. The maximum Gasteiger partial charge on any atom is 1.00 e. The molecule has 0 saturated heterocycles. The zero-order chi connectivity index (χ0) is 14.5. The SMILES string of the molecule is O=S(=O)(O)O.O=S(=O)([O-])[O-].OCCOCCO.[Na+].[Na+]. The first-order valence-electron chi connectivity index (χ1n) is 3.57. The van der Waals surface area contributed by atoms with E-state index in [1.54, 1.807) is 0 Å². The second-order valence-electron chi connectivity index (χ2n) is 1.92. The predicted octanol–water partition coefficient (Wildman–Crippen LogP) is -9.00. The molecule has 0 aliphatic heterocycles. The van der Waals surface area contributed by atoms with Crippen LogP contribution in [-0.4, -0.2) is 71.7 Å². The maximum absolute atomic E-state index is 8.74. The molecule has 19 heavy (non-hydrogen) atoms. The van der Waals surface area contributed by atoms with Gasteiger partial charge in [0.1, 0.15) is 0 Å². The fraction of sp³-hybridized carbons (Fsp3) is 1.00. The molecule has 0 amide bonds. The van der Waals surface area contributed by atoms with Crippen LogP contribution in [0.25, 0.3) is 0 Å². The fourth-order valence-electron chi connectivity index (χ4n) is 0.231. The summed E-state index contributed by atoms with van der Waals surface area (Å²) in [5.74, 6) is 0. The molecule has 0 aromatic heterocycles. The van der Waals surface area contributed by atoms with Gasteiger partial charge in [0.15, 0.2) is 0 Å². The second-order valence-corrected chi connectivity index (χ2v) is 3.63. The summed E-state index contributed by atoms with van der Waals surface area (Å²) in [5.41, 5.74) is 0. The topological polar surface area (TPSA) is 205 Å². The van der Waals surface area contributed by atoms with Crippen LogP contribution in [0.3, 0.4) is 0 Å². The zero-order valence-corrected chi connectivity index (χ0v) is 15.9. The molecule has 0 heterocycles. The van der Waals surface area contributed by atoms with Gasteiger partial charge in [-0.3, -0.25) is 17.5 Å². The molecule has 0 aromatic rings. The van der Waals surface area contributed by atoms with E-state index in [1.165, 1.54) is 0 Å². The summed E-state index contributed by atoms with van der Waals surface area (Å²) in [6, 6.07) is 0. The standard InChI is InChI=1S/C4H10O3.2Na.2H2O4S/c5-1-3-7-4-2-6;;;2*1-5(2,3)4/h5-6H,1-4H2;;;2*(H2,1,2,3,4)/q;2*+1;;/p-2. The minimum atomic E-state index is -5.17. The van der Waals surface area contributed by atoms with Crippen LogP contribution in [0.15, 0.2) is 0 Å². The number of ether oxygens (including phenoxy) is 1. The number of hydrogen-bond acceptors (Lipinski definition) is 9. The largest absolute Gasteiger partial charge is 1.00 e. The minimum absolute atomic E-state index is 0. The van der Waals surface area contributed by atoms with E-state index in [9.17, 15) is 0 Å². The van der Waals surface area contributed by atoms with Crippen molar-refractivity contribution >= 4 is 20.8 Å². The van der Waals surface area contributed by atoms with E-state index in [1.807, 2.05) is 0 Å². The Morgan fingerprint density at radius 1 is 0.842 bits per heavy atom. The molecule has 0 radical (unpaired) electrons. The molecule has 0 fully saturated rings. The smallest absolute Gasteiger partial charge is 0.759 e. The maximum atomic E-state index is 8.74. The molecule has 0 aliphatic carbocycles. The average Bonchev–Trinajstić information content (AvgIpc) is 1.99. The molecule has 0 aromatic carbocycles. The quantitative estimate of drug-likeness (QED) is 0.163. The Hall–Kier alpha value is 1.62. The molecule has 0 atom stereocenters. The van der Waals surface area contributed by atoms with Gasteiger partial charge in [0.2, 0.25) is 0 Å². The normalized spacial score (nSPS) is 9.58. The first-order valence-corrected chi connectivity index (χ1v) is 6.31. The van der Waals surface area contributed by atoms with Crippen molar-refractivity contribution in [3.8, 4) is 0 Å². The number of rotatable bonds is 4. The molecule has 0 bridgehead atoms. The van der Waals surface area contributed by atoms with Crippen LogP contribution in [0.1, 0.15) is 0 Å². The van der Waals surface area contributed by atoms with Crippen LogP contribution in [-0.2, 0) is 25.5 Å².